The minimum Gasteiger partial charge on any atom is -0.451 e. The highest BCUT2D eigenvalue weighted by molar-refractivity contribution is 5.99. The molecule has 1 fully saturated rings. The van der Waals surface area contributed by atoms with Crippen LogP contribution in [-0.2, 0) is 25.6 Å². The van der Waals surface area contributed by atoms with Crippen LogP contribution in [0.15, 0.2) is 11.6 Å². The topological polar surface area (TPSA) is 84.6 Å². The molecule has 1 atom stereocenters. The van der Waals surface area contributed by atoms with Crippen LogP contribution in [0.2, 0.25) is 0 Å². The van der Waals surface area contributed by atoms with Crippen molar-refractivity contribution in [2.45, 2.75) is 52.6 Å². The molecule has 1 saturated heterocycles. The fraction of sp³-hybridized carbons (Fsp3) is 0.571. The van der Waals surface area contributed by atoms with Crippen LogP contribution in [-0.4, -0.2) is 54.3 Å². The lowest BCUT2D eigenvalue weighted by molar-refractivity contribution is -0.150. The molecular formula is C21H29N3O4. The predicted molar refractivity (Wildman–Crippen MR) is 105 cm³/mol. The van der Waals surface area contributed by atoms with Crippen LogP contribution >= 0.6 is 0 Å². The van der Waals surface area contributed by atoms with Gasteiger partial charge in [0.1, 0.15) is 11.6 Å². The maximum absolute atomic E-state index is 12.3. The molecule has 7 heteroatoms. The van der Waals surface area contributed by atoms with Gasteiger partial charge in [-0.1, -0.05) is 0 Å². The van der Waals surface area contributed by atoms with E-state index in [2.05, 4.69) is 4.57 Å². The third-order valence-electron chi connectivity index (χ3n) is 5.22. The van der Waals surface area contributed by atoms with Gasteiger partial charge in [0.15, 0.2) is 6.61 Å². The van der Waals surface area contributed by atoms with E-state index in [-0.39, 0.29) is 24.1 Å². The Hall–Kier alpha value is -2.59. The highest BCUT2D eigenvalue weighted by Crippen LogP contribution is 2.19. The van der Waals surface area contributed by atoms with Gasteiger partial charge in [-0.25, -0.2) is 4.79 Å². The average Bonchev–Trinajstić information content (AvgIpc) is 2.95. The molecule has 2 heterocycles. The minimum atomic E-state index is -0.776. The van der Waals surface area contributed by atoms with Crippen LogP contribution in [0.5, 0.6) is 0 Å². The van der Waals surface area contributed by atoms with E-state index in [4.69, 9.17) is 9.47 Å². The second-order valence-corrected chi connectivity index (χ2v) is 7.15. The molecule has 1 amide bonds. The van der Waals surface area contributed by atoms with Gasteiger partial charge >= 0.3 is 5.97 Å². The van der Waals surface area contributed by atoms with E-state index in [0.29, 0.717) is 19.7 Å². The van der Waals surface area contributed by atoms with Gasteiger partial charge in [0.05, 0.1) is 6.61 Å². The first-order valence-electron chi connectivity index (χ1n) is 9.63. The number of rotatable bonds is 7. The molecule has 1 aliphatic rings. The van der Waals surface area contributed by atoms with E-state index >= 15 is 0 Å². The summed E-state index contributed by atoms with van der Waals surface area (Å²) in [4.78, 5) is 26.4. The van der Waals surface area contributed by atoms with E-state index < -0.39 is 5.97 Å². The fourth-order valence-electron chi connectivity index (χ4n) is 3.55. The zero-order valence-corrected chi connectivity index (χ0v) is 17.2. The highest BCUT2D eigenvalue weighted by atomic mass is 16.5. The van der Waals surface area contributed by atoms with Crippen LogP contribution in [0, 0.1) is 25.2 Å². The van der Waals surface area contributed by atoms with Gasteiger partial charge in [0, 0.05) is 37.6 Å². The Labute approximate surface area is 166 Å². The normalized spacial score (nSPS) is 17.3. The lowest BCUT2D eigenvalue weighted by Crippen LogP contribution is -2.44. The second-order valence-electron chi connectivity index (χ2n) is 7.15. The number of likely N-dealkylation sites (tertiary alicyclic amines) is 1. The number of ether oxygens (including phenoxy) is 2. The first-order valence-corrected chi connectivity index (χ1v) is 9.63. The van der Waals surface area contributed by atoms with Crippen molar-refractivity contribution >= 4 is 18.0 Å². The fourth-order valence-corrected chi connectivity index (χ4v) is 3.55. The van der Waals surface area contributed by atoms with Crippen molar-refractivity contribution in [3.05, 3.63) is 28.6 Å². The number of hydrogen-bond acceptors (Lipinski definition) is 5. The summed E-state index contributed by atoms with van der Waals surface area (Å²) in [6.07, 6.45) is 4.55. The largest absolute Gasteiger partial charge is 0.451 e. The van der Waals surface area contributed by atoms with Crippen molar-refractivity contribution < 1.29 is 19.1 Å². The summed E-state index contributed by atoms with van der Waals surface area (Å²) >= 11 is 0. The lowest BCUT2D eigenvalue weighted by atomic mass is 10.0. The van der Waals surface area contributed by atoms with Crippen LogP contribution in [0.4, 0.5) is 0 Å². The molecule has 1 aromatic heterocycles. The number of piperidine rings is 1. The Morgan fingerprint density at radius 2 is 2.11 bits per heavy atom. The molecule has 0 spiro atoms. The standard InChI is InChI=1S/C21H29N3O4/c1-15-7-5-6-8-24(15)20(25)14-28-21(26)19(13-22)12-18-11-16(2)23(17(18)3)9-10-27-4/h11-12,15H,5-10,14H2,1-4H3/b19-12+/t15-/m0/s1. The zero-order chi connectivity index (χ0) is 20.7. The van der Waals surface area contributed by atoms with Crippen molar-refractivity contribution in [2.24, 2.45) is 0 Å². The van der Waals surface area contributed by atoms with Crippen molar-refractivity contribution in [3.8, 4) is 6.07 Å². The first kappa shape index (κ1) is 21.7. The summed E-state index contributed by atoms with van der Waals surface area (Å²) in [6, 6.07) is 3.96. The van der Waals surface area contributed by atoms with Gasteiger partial charge in [-0.2, -0.15) is 5.26 Å². The number of hydrogen-bond donors (Lipinski definition) is 0. The van der Waals surface area contributed by atoms with E-state index in [1.165, 1.54) is 6.08 Å². The lowest BCUT2D eigenvalue weighted by Gasteiger charge is -2.33. The van der Waals surface area contributed by atoms with Crippen LogP contribution in [0.25, 0.3) is 6.08 Å². The molecule has 7 nitrogen and oxygen atoms in total. The van der Waals surface area contributed by atoms with Gasteiger partial charge in [-0.15, -0.1) is 0 Å². The number of methoxy groups -OCH3 is 1. The van der Waals surface area contributed by atoms with Gasteiger partial charge < -0.3 is 18.9 Å². The number of aromatic nitrogens is 1. The zero-order valence-electron chi connectivity index (χ0n) is 17.2. The number of esters is 1. The molecule has 0 aliphatic carbocycles. The van der Waals surface area contributed by atoms with Crippen LogP contribution < -0.4 is 0 Å². The number of nitriles is 1. The van der Waals surface area contributed by atoms with E-state index in [9.17, 15) is 14.9 Å². The Morgan fingerprint density at radius 1 is 1.36 bits per heavy atom. The van der Waals surface area contributed by atoms with E-state index in [1.54, 1.807) is 12.0 Å². The van der Waals surface area contributed by atoms with E-state index in [1.807, 2.05) is 32.9 Å². The van der Waals surface area contributed by atoms with Crippen molar-refractivity contribution in [2.75, 3.05) is 26.9 Å². The SMILES string of the molecule is COCCn1c(C)cc(/C=C(\C#N)C(=O)OCC(=O)N2CCCC[C@@H]2C)c1C. The second kappa shape index (κ2) is 10.1. The molecular weight excluding hydrogens is 358 g/mol. The van der Waals surface area contributed by atoms with Crippen LogP contribution in [0.3, 0.4) is 0 Å². The molecule has 0 bridgehead atoms. The number of aryl methyl sites for hydroxylation is 1. The number of nitrogens with zero attached hydrogens (tertiary/aromatic N) is 3. The number of amides is 1. The maximum Gasteiger partial charge on any atom is 0.349 e. The molecule has 1 aromatic rings. The van der Waals surface area contributed by atoms with Gasteiger partial charge in [-0.05, 0) is 57.7 Å². The molecule has 0 saturated carbocycles. The summed E-state index contributed by atoms with van der Waals surface area (Å²) in [6.45, 7) is 7.50. The minimum absolute atomic E-state index is 0.119. The summed E-state index contributed by atoms with van der Waals surface area (Å²) in [5.41, 5.74) is 2.61. The highest BCUT2D eigenvalue weighted by Gasteiger charge is 2.24. The monoisotopic (exact) mass is 387 g/mol. The molecule has 0 N–H and O–H groups in total. The number of carbonyl (C=O) groups is 2. The van der Waals surface area contributed by atoms with Crippen molar-refractivity contribution in [1.29, 1.82) is 5.26 Å². The van der Waals surface area contributed by atoms with Gasteiger partial charge in [0.2, 0.25) is 0 Å². The Morgan fingerprint density at radius 3 is 2.75 bits per heavy atom. The quantitative estimate of drug-likeness (QED) is 0.408. The predicted octanol–water partition coefficient (Wildman–Crippen LogP) is 2.60. The maximum atomic E-state index is 12.3. The average molecular weight is 387 g/mol. The summed E-state index contributed by atoms with van der Waals surface area (Å²) in [5, 5.41) is 9.38. The third-order valence-corrected chi connectivity index (χ3v) is 5.22. The number of carbonyl (C=O) groups excluding carboxylic acids is 2. The molecule has 0 aromatic carbocycles. The molecule has 2 rings (SSSR count). The molecule has 28 heavy (non-hydrogen) atoms. The third kappa shape index (κ3) is 5.23. The smallest absolute Gasteiger partial charge is 0.349 e. The first-order chi connectivity index (χ1) is 13.4. The Balaban J connectivity index is 2.05. The van der Waals surface area contributed by atoms with Gasteiger partial charge in [-0.3, -0.25) is 4.79 Å². The summed E-state index contributed by atoms with van der Waals surface area (Å²) < 4.78 is 12.3. The molecule has 0 radical (unpaired) electrons. The summed E-state index contributed by atoms with van der Waals surface area (Å²) in [5.74, 6) is -0.988. The van der Waals surface area contributed by atoms with Gasteiger partial charge in [0.25, 0.3) is 5.91 Å². The Bertz CT molecular complexity index is 788. The van der Waals surface area contributed by atoms with E-state index in [0.717, 1.165) is 36.2 Å². The summed E-state index contributed by atoms with van der Waals surface area (Å²) in [7, 11) is 1.64. The molecule has 152 valence electrons. The Kier molecular flexibility index (Phi) is 7.82. The van der Waals surface area contributed by atoms with Crippen molar-refractivity contribution in [3.63, 3.8) is 0 Å². The van der Waals surface area contributed by atoms with Crippen molar-refractivity contribution in [1.82, 2.24) is 9.47 Å². The molecule has 1 aliphatic heterocycles. The molecule has 0 unspecified atom stereocenters. The van der Waals surface area contributed by atoms with Crippen LogP contribution in [0.1, 0.15) is 43.1 Å².